The second-order valence-corrected chi connectivity index (χ2v) is 6.41. The minimum Gasteiger partial charge on any atom is -0.493 e. The maximum absolute atomic E-state index is 8.79. The van der Waals surface area contributed by atoms with Crippen molar-refractivity contribution in [2.45, 2.75) is 13.8 Å². The van der Waals surface area contributed by atoms with Crippen LogP contribution in [0.15, 0.2) is 36.0 Å². The Kier molecular flexibility index (Phi) is 21.4. The van der Waals surface area contributed by atoms with Gasteiger partial charge >= 0.3 is 0 Å². The van der Waals surface area contributed by atoms with Gasteiger partial charge in [-0.05, 0) is 26.0 Å². The average Bonchev–Trinajstić information content (AvgIpc) is 2.81. The van der Waals surface area contributed by atoms with Crippen LogP contribution in [-0.4, -0.2) is 110 Å². The molecule has 9 nitrogen and oxygen atoms in total. The molecule has 0 aliphatic heterocycles. The third-order valence-corrected chi connectivity index (χ3v) is 4.28. The summed E-state index contributed by atoms with van der Waals surface area (Å²) in [6.07, 6.45) is 3.37. The van der Waals surface area contributed by atoms with E-state index in [1.54, 1.807) is 26.4 Å². The summed E-state index contributed by atoms with van der Waals surface area (Å²) >= 11 is 0. The van der Waals surface area contributed by atoms with E-state index in [0.29, 0.717) is 76.7 Å². The smallest absolute Gasteiger partial charge is 0.203 e. The number of methoxy groups -OCH3 is 2. The van der Waals surface area contributed by atoms with Crippen molar-refractivity contribution in [3.63, 3.8) is 0 Å². The van der Waals surface area contributed by atoms with Crippen molar-refractivity contribution >= 4 is 0 Å². The van der Waals surface area contributed by atoms with Crippen molar-refractivity contribution in [3.05, 3.63) is 36.0 Å². The molecule has 0 spiro atoms. The molecule has 0 aromatic heterocycles. The predicted octanol–water partition coefficient (Wildman–Crippen LogP) is 1.98. The van der Waals surface area contributed by atoms with Gasteiger partial charge in [-0.1, -0.05) is 6.58 Å². The minimum atomic E-state index is 0.0370. The van der Waals surface area contributed by atoms with Crippen LogP contribution in [0.1, 0.15) is 13.8 Å². The van der Waals surface area contributed by atoms with E-state index in [1.807, 2.05) is 13.8 Å². The summed E-state index contributed by atoms with van der Waals surface area (Å²) in [5.41, 5.74) is 0. The van der Waals surface area contributed by atoms with Crippen LogP contribution in [0.5, 0.6) is 0 Å². The molecule has 9 heteroatoms. The summed E-state index contributed by atoms with van der Waals surface area (Å²) in [7, 11) is 3.13. The van der Waals surface area contributed by atoms with E-state index in [9.17, 15) is 0 Å². The highest BCUT2D eigenvalue weighted by atomic mass is 16.6. The molecule has 0 saturated heterocycles. The largest absolute Gasteiger partial charge is 0.493 e. The summed E-state index contributed by atoms with van der Waals surface area (Å²) in [6.45, 7) is 14.6. The zero-order valence-corrected chi connectivity index (χ0v) is 20.3. The van der Waals surface area contributed by atoms with Gasteiger partial charge in [-0.3, -0.25) is 4.90 Å². The zero-order valence-electron chi connectivity index (χ0n) is 20.3. The second-order valence-electron chi connectivity index (χ2n) is 6.41. The van der Waals surface area contributed by atoms with E-state index in [2.05, 4.69) is 11.5 Å². The van der Waals surface area contributed by atoms with Gasteiger partial charge < -0.3 is 38.3 Å². The van der Waals surface area contributed by atoms with E-state index in [1.165, 1.54) is 0 Å². The van der Waals surface area contributed by atoms with Crippen molar-refractivity contribution in [1.29, 1.82) is 0 Å². The monoisotopic (exact) mass is 461 g/mol. The van der Waals surface area contributed by atoms with Crippen molar-refractivity contribution in [1.82, 2.24) is 4.90 Å². The molecule has 0 radical (unpaired) electrons. The number of nitrogens with zero attached hydrogens (tertiary/aromatic N) is 1. The van der Waals surface area contributed by atoms with Gasteiger partial charge in [-0.25, -0.2) is 0 Å². The average molecular weight is 462 g/mol. The molecule has 0 heterocycles. The van der Waals surface area contributed by atoms with Crippen LogP contribution in [0, 0.1) is 0 Å². The molecule has 0 fully saturated rings. The number of aliphatic hydroxyl groups is 1. The fourth-order valence-corrected chi connectivity index (χ4v) is 2.63. The first-order chi connectivity index (χ1) is 15.7. The number of rotatable bonds is 23. The number of hydrogen-bond donors (Lipinski definition) is 1. The molecule has 0 aromatic rings. The molecule has 0 unspecified atom stereocenters. The lowest BCUT2D eigenvalue weighted by molar-refractivity contribution is 0.0125. The second kappa shape index (κ2) is 22.6. The quantitative estimate of drug-likeness (QED) is 0.139. The third-order valence-electron chi connectivity index (χ3n) is 4.28. The first kappa shape index (κ1) is 30.4. The summed E-state index contributed by atoms with van der Waals surface area (Å²) in [5, 5.41) is 8.79. The molecule has 0 bridgehead atoms. The van der Waals surface area contributed by atoms with Crippen LogP contribution in [0.4, 0.5) is 0 Å². The van der Waals surface area contributed by atoms with Crippen LogP contribution in [0.25, 0.3) is 0 Å². The first-order valence-electron chi connectivity index (χ1n) is 11.1. The fraction of sp³-hybridized carbons (Fsp3) is 0.739. The lowest BCUT2D eigenvalue weighted by atomic mass is 10.3. The van der Waals surface area contributed by atoms with Gasteiger partial charge in [0.05, 0.1) is 67.1 Å². The van der Waals surface area contributed by atoms with E-state index < -0.39 is 0 Å². The summed E-state index contributed by atoms with van der Waals surface area (Å²) in [6, 6.07) is 0. The van der Waals surface area contributed by atoms with Gasteiger partial charge in [0.1, 0.15) is 6.61 Å². The predicted molar refractivity (Wildman–Crippen MR) is 123 cm³/mol. The summed E-state index contributed by atoms with van der Waals surface area (Å²) in [4.78, 5) is 2.22. The van der Waals surface area contributed by atoms with E-state index in [-0.39, 0.29) is 6.61 Å². The Morgan fingerprint density at radius 1 is 0.812 bits per heavy atom. The highest BCUT2D eigenvalue weighted by Gasteiger charge is 2.13. The Balaban J connectivity index is 4.07. The molecule has 0 aromatic carbocycles. The van der Waals surface area contributed by atoms with Gasteiger partial charge in [-0.2, -0.15) is 0 Å². The molecule has 0 rings (SSSR count). The number of aliphatic hydroxyl groups excluding tert-OH is 1. The van der Waals surface area contributed by atoms with Crippen molar-refractivity contribution in [2.24, 2.45) is 0 Å². The standard InChI is InChI=1S/C23H43NO8/c1-6-21(26-4)23(22(7-2)27-5)32-20-19-31-18-17-30-15-11-24(9-13-28-8-3)10-14-29-16-12-25/h6-7,25H,1,8-20H2,2-5H3/b22-7+,23-21-. The molecular weight excluding hydrogens is 418 g/mol. The van der Waals surface area contributed by atoms with Crippen LogP contribution in [0.3, 0.4) is 0 Å². The number of allylic oxidation sites excluding steroid dienone is 2. The van der Waals surface area contributed by atoms with Crippen molar-refractivity contribution in [2.75, 3.05) is 99.9 Å². The van der Waals surface area contributed by atoms with Crippen LogP contribution in [0.2, 0.25) is 0 Å². The van der Waals surface area contributed by atoms with E-state index in [4.69, 9.17) is 38.3 Å². The van der Waals surface area contributed by atoms with E-state index >= 15 is 0 Å². The van der Waals surface area contributed by atoms with Crippen molar-refractivity contribution < 1.29 is 38.3 Å². The molecule has 0 saturated carbocycles. The van der Waals surface area contributed by atoms with Gasteiger partial charge in [-0.15, -0.1) is 0 Å². The van der Waals surface area contributed by atoms with Gasteiger partial charge in [0.2, 0.25) is 5.76 Å². The van der Waals surface area contributed by atoms with Crippen LogP contribution >= 0.6 is 0 Å². The Hall–Kier alpha value is -1.62. The molecule has 188 valence electrons. The lowest BCUT2D eigenvalue weighted by Gasteiger charge is -2.22. The first-order valence-corrected chi connectivity index (χ1v) is 11.1. The zero-order chi connectivity index (χ0) is 23.9. The molecular formula is C23H43NO8. The minimum absolute atomic E-state index is 0.0370. The van der Waals surface area contributed by atoms with Crippen LogP contribution < -0.4 is 0 Å². The SMILES string of the molecule is C=C/C(OC)=C(OCCOCCOCCN(CCOCC)CCOCCO)\C(=C/C)OC. The molecule has 1 N–H and O–H groups in total. The Bertz CT molecular complexity index is 510. The van der Waals surface area contributed by atoms with Gasteiger partial charge in [0.15, 0.2) is 11.5 Å². The normalized spacial score (nSPS) is 12.6. The summed E-state index contributed by atoms with van der Waals surface area (Å²) < 4.78 is 38.4. The van der Waals surface area contributed by atoms with E-state index in [0.717, 1.165) is 19.6 Å². The maximum Gasteiger partial charge on any atom is 0.203 e. The van der Waals surface area contributed by atoms with Gasteiger partial charge in [0.25, 0.3) is 0 Å². The molecule has 0 aliphatic carbocycles. The number of ether oxygens (including phenoxy) is 7. The summed E-state index contributed by atoms with van der Waals surface area (Å²) in [5.74, 6) is 1.56. The molecule has 0 atom stereocenters. The maximum atomic E-state index is 8.79. The lowest BCUT2D eigenvalue weighted by Crippen LogP contribution is -2.34. The van der Waals surface area contributed by atoms with Gasteiger partial charge in [0, 0.05) is 26.2 Å². The highest BCUT2D eigenvalue weighted by molar-refractivity contribution is 5.28. The Morgan fingerprint density at radius 2 is 1.38 bits per heavy atom. The topological polar surface area (TPSA) is 88.1 Å². The number of hydrogen-bond acceptors (Lipinski definition) is 9. The molecule has 0 amide bonds. The highest BCUT2D eigenvalue weighted by Crippen LogP contribution is 2.18. The van der Waals surface area contributed by atoms with Crippen molar-refractivity contribution in [3.8, 4) is 0 Å². The Morgan fingerprint density at radius 3 is 1.88 bits per heavy atom. The fourth-order valence-electron chi connectivity index (χ4n) is 2.63. The van der Waals surface area contributed by atoms with Crippen LogP contribution in [-0.2, 0) is 33.2 Å². The Labute approximate surface area is 193 Å². The molecule has 0 aliphatic rings. The third kappa shape index (κ3) is 15.2. The molecule has 32 heavy (non-hydrogen) atoms.